The van der Waals surface area contributed by atoms with E-state index in [1.165, 1.54) is 30.3 Å². The summed E-state index contributed by atoms with van der Waals surface area (Å²) in [6.45, 7) is 5.48. The Hall–Kier alpha value is -2.92. The number of imide groups is 1. The monoisotopic (exact) mass is 370 g/mol. The highest BCUT2D eigenvalue weighted by atomic mass is 35.5. The average Bonchev–Trinajstić information content (AvgIpc) is 2.85. The van der Waals surface area contributed by atoms with Gasteiger partial charge in [0, 0.05) is 17.3 Å². The highest BCUT2D eigenvalue weighted by Gasteiger charge is 2.38. The van der Waals surface area contributed by atoms with Crippen LogP contribution in [0.5, 0.6) is 0 Å². The first-order chi connectivity index (χ1) is 12.4. The van der Waals surface area contributed by atoms with Gasteiger partial charge in [-0.25, -0.2) is 4.39 Å². The first-order valence-corrected chi connectivity index (χ1v) is 8.31. The first kappa shape index (κ1) is 17.9. The van der Waals surface area contributed by atoms with Crippen molar-refractivity contribution in [3.05, 3.63) is 82.8 Å². The van der Waals surface area contributed by atoms with Crippen LogP contribution in [0.3, 0.4) is 0 Å². The van der Waals surface area contributed by atoms with Crippen molar-refractivity contribution in [1.82, 2.24) is 4.90 Å². The summed E-state index contributed by atoms with van der Waals surface area (Å²) in [4.78, 5) is 26.7. The maximum atomic E-state index is 13.3. The minimum absolute atomic E-state index is 0.0854. The lowest BCUT2D eigenvalue weighted by atomic mass is 10.0. The molecule has 3 rings (SSSR count). The molecule has 0 saturated carbocycles. The molecule has 0 atom stereocenters. The molecule has 1 N–H and O–H groups in total. The van der Waals surface area contributed by atoms with Crippen LogP contribution in [0.4, 0.5) is 10.1 Å². The van der Waals surface area contributed by atoms with Crippen molar-refractivity contribution in [3.63, 3.8) is 0 Å². The highest BCUT2D eigenvalue weighted by molar-refractivity contribution is 6.36. The molecule has 1 heterocycles. The van der Waals surface area contributed by atoms with Crippen LogP contribution in [0.2, 0.25) is 5.02 Å². The molecular weight excluding hydrogens is 355 g/mol. The molecular formula is C20H16ClFN2O2. The lowest BCUT2D eigenvalue weighted by Crippen LogP contribution is -2.32. The van der Waals surface area contributed by atoms with E-state index in [1.807, 2.05) is 6.92 Å². The molecule has 0 spiro atoms. The van der Waals surface area contributed by atoms with Gasteiger partial charge in [0.25, 0.3) is 11.8 Å². The molecule has 6 heteroatoms. The fourth-order valence-corrected chi connectivity index (χ4v) is 2.92. The molecule has 0 aliphatic carbocycles. The minimum Gasteiger partial charge on any atom is -0.350 e. The van der Waals surface area contributed by atoms with E-state index in [4.69, 9.17) is 11.6 Å². The van der Waals surface area contributed by atoms with Crippen LogP contribution >= 0.6 is 11.6 Å². The van der Waals surface area contributed by atoms with E-state index < -0.39 is 17.6 Å². The van der Waals surface area contributed by atoms with Gasteiger partial charge in [-0.3, -0.25) is 14.5 Å². The summed E-state index contributed by atoms with van der Waals surface area (Å²) < 4.78 is 13.3. The van der Waals surface area contributed by atoms with Gasteiger partial charge in [-0.2, -0.15) is 0 Å². The summed E-state index contributed by atoms with van der Waals surface area (Å²) in [7, 11) is 0. The molecule has 132 valence electrons. The highest BCUT2D eigenvalue weighted by Crippen LogP contribution is 2.32. The molecule has 4 nitrogen and oxygen atoms in total. The topological polar surface area (TPSA) is 49.4 Å². The van der Waals surface area contributed by atoms with Crippen molar-refractivity contribution in [1.29, 1.82) is 0 Å². The van der Waals surface area contributed by atoms with Crippen molar-refractivity contribution in [2.75, 3.05) is 11.9 Å². The molecule has 2 aromatic rings. The number of carbonyl (C=O) groups excluding carboxylic acids is 2. The molecule has 1 aliphatic heterocycles. The van der Waals surface area contributed by atoms with E-state index in [9.17, 15) is 14.0 Å². The zero-order chi connectivity index (χ0) is 18.8. The minimum atomic E-state index is -0.464. The number of hydrogen-bond donors (Lipinski definition) is 1. The van der Waals surface area contributed by atoms with Crippen molar-refractivity contribution < 1.29 is 14.0 Å². The predicted molar refractivity (Wildman–Crippen MR) is 100 cm³/mol. The fourth-order valence-electron chi connectivity index (χ4n) is 2.75. The SMILES string of the molecule is C=CCN1C(=O)C(Nc2cccc(Cl)c2C)=C(c2ccc(F)cc2)C1=O. The Labute approximate surface area is 155 Å². The normalized spacial score (nSPS) is 14.2. The number of anilines is 1. The van der Waals surface area contributed by atoms with Gasteiger partial charge in [-0.15, -0.1) is 6.58 Å². The van der Waals surface area contributed by atoms with Gasteiger partial charge in [-0.05, 0) is 42.3 Å². The summed E-state index contributed by atoms with van der Waals surface area (Å²) in [6, 6.07) is 10.7. The van der Waals surface area contributed by atoms with Crippen molar-refractivity contribution in [2.24, 2.45) is 0 Å². The Kier molecular flexibility index (Phi) is 4.91. The van der Waals surface area contributed by atoms with Crippen molar-refractivity contribution in [3.8, 4) is 0 Å². The predicted octanol–water partition coefficient (Wildman–Crippen LogP) is 4.17. The molecule has 2 aromatic carbocycles. The smallest absolute Gasteiger partial charge is 0.278 e. The maximum Gasteiger partial charge on any atom is 0.278 e. The molecule has 0 bridgehead atoms. The lowest BCUT2D eigenvalue weighted by Gasteiger charge is -2.13. The second kappa shape index (κ2) is 7.14. The van der Waals surface area contributed by atoms with Crippen LogP contribution in [-0.4, -0.2) is 23.3 Å². The largest absolute Gasteiger partial charge is 0.350 e. The Morgan fingerprint density at radius 1 is 1.15 bits per heavy atom. The Balaban J connectivity index is 2.12. The van der Waals surface area contributed by atoms with Crippen molar-refractivity contribution in [2.45, 2.75) is 6.92 Å². The standard InChI is InChI=1S/C20H16ClFN2O2/c1-3-11-24-19(25)17(13-7-9-14(22)10-8-13)18(20(24)26)23-16-6-4-5-15(21)12(16)2/h3-10,23H,1,11H2,2H3. The van der Waals surface area contributed by atoms with E-state index in [2.05, 4.69) is 11.9 Å². The van der Waals surface area contributed by atoms with E-state index in [0.717, 1.165) is 10.5 Å². The van der Waals surface area contributed by atoms with Crippen LogP contribution in [0.1, 0.15) is 11.1 Å². The third kappa shape index (κ3) is 3.13. The number of halogens is 2. The van der Waals surface area contributed by atoms with E-state index in [1.54, 1.807) is 18.2 Å². The second-order valence-electron chi connectivity index (χ2n) is 5.80. The Morgan fingerprint density at radius 2 is 1.85 bits per heavy atom. The van der Waals surface area contributed by atoms with Crippen LogP contribution < -0.4 is 5.32 Å². The zero-order valence-corrected chi connectivity index (χ0v) is 14.8. The summed E-state index contributed by atoms with van der Waals surface area (Å²) in [5.41, 5.74) is 2.15. The summed E-state index contributed by atoms with van der Waals surface area (Å²) in [6.07, 6.45) is 1.48. The van der Waals surface area contributed by atoms with Crippen LogP contribution in [0.15, 0.2) is 60.8 Å². The molecule has 0 saturated heterocycles. The lowest BCUT2D eigenvalue weighted by molar-refractivity contribution is -0.136. The van der Waals surface area contributed by atoms with Crippen molar-refractivity contribution >= 4 is 34.7 Å². The second-order valence-corrected chi connectivity index (χ2v) is 6.21. The number of nitrogens with one attached hydrogen (secondary N) is 1. The molecule has 2 amide bonds. The summed E-state index contributed by atoms with van der Waals surface area (Å²) in [5, 5.41) is 3.58. The summed E-state index contributed by atoms with van der Waals surface area (Å²) >= 11 is 6.14. The number of rotatable bonds is 5. The zero-order valence-electron chi connectivity index (χ0n) is 14.1. The van der Waals surface area contributed by atoms with Gasteiger partial charge in [0.05, 0.1) is 5.57 Å². The van der Waals surface area contributed by atoms with Gasteiger partial charge >= 0.3 is 0 Å². The average molecular weight is 371 g/mol. The van der Waals surface area contributed by atoms with Gasteiger partial charge in [0.1, 0.15) is 11.5 Å². The molecule has 0 unspecified atom stereocenters. The van der Waals surface area contributed by atoms with Gasteiger partial charge in [-0.1, -0.05) is 35.9 Å². The number of benzene rings is 2. The number of amides is 2. The Bertz CT molecular complexity index is 935. The third-order valence-corrected chi connectivity index (χ3v) is 4.55. The van der Waals surface area contributed by atoms with Gasteiger partial charge < -0.3 is 5.32 Å². The fraction of sp³-hybridized carbons (Fsp3) is 0.100. The quantitative estimate of drug-likeness (QED) is 0.635. The molecule has 0 radical (unpaired) electrons. The molecule has 1 aliphatic rings. The Morgan fingerprint density at radius 3 is 2.50 bits per heavy atom. The number of carbonyl (C=O) groups is 2. The molecule has 0 fully saturated rings. The number of nitrogens with zero attached hydrogens (tertiary/aromatic N) is 1. The molecule has 26 heavy (non-hydrogen) atoms. The first-order valence-electron chi connectivity index (χ1n) is 7.93. The van der Waals surface area contributed by atoms with E-state index in [0.29, 0.717) is 16.3 Å². The molecule has 0 aromatic heterocycles. The number of hydrogen-bond acceptors (Lipinski definition) is 3. The van der Waals surface area contributed by atoms with Crippen LogP contribution in [0, 0.1) is 12.7 Å². The van der Waals surface area contributed by atoms with Gasteiger partial charge in [0.15, 0.2) is 0 Å². The van der Waals surface area contributed by atoms with Crippen LogP contribution in [0.25, 0.3) is 5.57 Å². The van der Waals surface area contributed by atoms with E-state index in [-0.39, 0.29) is 17.8 Å². The summed E-state index contributed by atoms with van der Waals surface area (Å²) in [5.74, 6) is -1.34. The van der Waals surface area contributed by atoms with E-state index >= 15 is 0 Å². The van der Waals surface area contributed by atoms with Crippen LogP contribution in [-0.2, 0) is 9.59 Å². The third-order valence-electron chi connectivity index (χ3n) is 4.14. The van der Waals surface area contributed by atoms with Gasteiger partial charge in [0.2, 0.25) is 0 Å². The maximum absolute atomic E-state index is 13.3.